The van der Waals surface area contributed by atoms with E-state index in [0.717, 1.165) is 19.4 Å². The summed E-state index contributed by atoms with van der Waals surface area (Å²) in [6.45, 7) is 0.899. The molecule has 0 aromatic carbocycles. The Morgan fingerprint density at radius 3 is 2.43 bits per heavy atom. The fourth-order valence-corrected chi connectivity index (χ4v) is 4.30. The van der Waals surface area contributed by atoms with Gasteiger partial charge in [-0.3, -0.25) is 0 Å². The van der Waals surface area contributed by atoms with Crippen LogP contribution >= 0.6 is 11.6 Å². The summed E-state index contributed by atoms with van der Waals surface area (Å²) in [6, 6.07) is 0. The van der Waals surface area contributed by atoms with Crippen LogP contribution in [0.25, 0.3) is 0 Å². The highest BCUT2D eigenvalue weighted by Crippen LogP contribution is 2.64. The molecule has 0 bridgehead atoms. The number of rotatable bonds is 0. The van der Waals surface area contributed by atoms with E-state index in [1.807, 2.05) is 0 Å². The van der Waals surface area contributed by atoms with Crippen molar-refractivity contribution in [3.8, 4) is 0 Å². The summed E-state index contributed by atoms with van der Waals surface area (Å²) in [5.74, 6) is 0. The third kappa shape index (κ3) is 1.12. The number of hydrogen-bond acceptors (Lipinski definition) is 1. The highest BCUT2D eigenvalue weighted by atomic mass is 35.5. The molecule has 2 aliphatic carbocycles. The van der Waals surface area contributed by atoms with Crippen LogP contribution in [-0.4, -0.2) is 17.6 Å². The lowest BCUT2D eigenvalue weighted by molar-refractivity contribution is -0.220. The Kier molecular flexibility index (Phi) is 2.11. The van der Waals surface area contributed by atoms with E-state index in [9.17, 15) is 0 Å². The molecule has 1 nitrogen and oxygen atoms in total. The standard InChI is InChI=1S/C12H19ClO/c13-10-3-8-14-12(9-10)7-6-11(12)4-1-2-5-11/h10H,1-9H2. The lowest BCUT2D eigenvalue weighted by Crippen LogP contribution is -2.60. The average molecular weight is 215 g/mol. The minimum Gasteiger partial charge on any atom is -0.374 e. The third-order valence-corrected chi connectivity index (χ3v) is 5.27. The Bertz CT molecular complexity index is 234. The molecule has 80 valence electrons. The molecule has 2 heteroatoms. The second-order valence-corrected chi connectivity index (χ2v) is 6.04. The summed E-state index contributed by atoms with van der Waals surface area (Å²) < 4.78 is 6.13. The van der Waals surface area contributed by atoms with Crippen molar-refractivity contribution in [2.24, 2.45) is 5.41 Å². The number of ether oxygens (including phenoxy) is 1. The van der Waals surface area contributed by atoms with Gasteiger partial charge in [0.1, 0.15) is 0 Å². The third-order valence-electron chi connectivity index (χ3n) is 4.90. The van der Waals surface area contributed by atoms with Gasteiger partial charge in [-0.05, 0) is 43.9 Å². The van der Waals surface area contributed by atoms with Crippen molar-refractivity contribution >= 4 is 11.6 Å². The molecule has 0 aromatic rings. The lowest BCUT2D eigenvalue weighted by Gasteiger charge is -2.60. The van der Waals surface area contributed by atoms with E-state index in [2.05, 4.69) is 0 Å². The number of halogens is 1. The zero-order chi connectivity index (χ0) is 9.65. The molecule has 3 aliphatic rings. The van der Waals surface area contributed by atoms with Gasteiger partial charge in [-0.25, -0.2) is 0 Å². The molecule has 2 spiro atoms. The Hall–Kier alpha value is 0.250. The molecule has 1 saturated heterocycles. The fourth-order valence-electron chi connectivity index (χ4n) is 3.96. The quantitative estimate of drug-likeness (QED) is 0.561. The van der Waals surface area contributed by atoms with Gasteiger partial charge in [0.2, 0.25) is 0 Å². The molecule has 0 radical (unpaired) electrons. The van der Waals surface area contributed by atoms with Gasteiger partial charge in [0.05, 0.1) is 5.60 Å². The molecule has 0 amide bonds. The van der Waals surface area contributed by atoms with Gasteiger partial charge < -0.3 is 4.74 Å². The summed E-state index contributed by atoms with van der Waals surface area (Å²) in [7, 11) is 0. The van der Waals surface area contributed by atoms with Crippen molar-refractivity contribution in [2.75, 3.05) is 6.61 Å². The highest BCUT2D eigenvalue weighted by Gasteiger charge is 2.61. The van der Waals surface area contributed by atoms with Crippen LogP contribution in [-0.2, 0) is 4.74 Å². The zero-order valence-electron chi connectivity index (χ0n) is 8.73. The summed E-state index contributed by atoms with van der Waals surface area (Å²) in [4.78, 5) is 0. The largest absolute Gasteiger partial charge is 0.374 e. The van der Waals surface area contributed by atoms with Crippen molar-refractivity contribution in [1.82, 2.24) is 0 Å². The maximum absolute atomic E-state index is 6.30. The Morgan fingerprint density at radius 1 is 1.07 bits per heavy atom. The van der Waals surface area contributed by atoms with Gasteiger partial charge in [0.15, 0.2) is 0 Å². The normalized spacial score (nSPS) is 45.6. The van der Waals surface area contributed by atoms with Crippen molar-refractivity contribution in [2.45, 2.75) is 62.3 Å². The van der Waals surface area contributed by atoms with E-state index in [1.54, 1.807) is 0 Å². The summed E-state index contributed by atoms with van der Waals surface area (Å²) >= 11 is 6.30. The number of hydrogen-bond donors (Lipinski definition) is 0. The van der Waals surface area contributed by atoms with Gasteiger partial charge in [0, 0.05) is 12.0 Å². The van der Waals surface area contributed by atoms with Crippen LogP contribution < -0.4 is 0 Å². The van der Waals surface area contributed by atoms with Gasteiger partial charge >= 0.3 is 0 Å². The van der Waals surface area contributed by atoms with Gasteiger partial charge in [-0.2, -0.15) is 0 Å². The second-order valence-electron chi connectivity index (χ2n) is 5.42. The molecule has 3 fully saturated rings. The molecule has 14 heavy (non-hydrogen) atoms. The van der Waals surface area contributed by atoms with Crippen LogP contribution in [0.5, 0.6) is 0 Å². The smallest absolute Gasteiger partial charge is 0.0752 e. The van der Waals surface area contributed by atoms with E-state index in [-0.39, 0.29) is 5.60 Å². The van der Waals surface area contributed by atoms with Crippen molar-refractivity contribution in [1.29, 1.82) is 0 Å². The zero-order valence-corrected chi connectivity index (χ0v) is 9.48. The van der Waals surface area contributed by atoms with Crippen LogP contribution in [0.4, 0.5) is 0 Å². The Morgan fingerprint density at radius 2 is 1.86 bits per heavy atom. The Balaban J connectivity index is 1.82. The number of alkyl halides is 1. The van der Waals surface area contributed by atoms with E-state index in [0.29, 0.717) is 10.8 Å². The summed E-state index contributed by atoms with van der Waals surface area (Å²) in [5, 5.41) is 0.376. The minimum atomic E-state index is 0.216. The monoisotopic (exact) mass is 214 g/mol. The Labute approximate surface area is 91.2 Å². The summed E-state index contributed by atoms with van der Waals surface area (Å²) in [5.41, 5.74) is 0.773. The first-order valence-corrected chi connectivity index (χ1v) is 6.48. The highest BCUT2D eigenvalue weighted by molar-refractivity contribution is 6.20. The van der Waals surface area contributed by atoms with Crippen LogP contribution in [0.2, 0.25) is 0 Å². The predicted octanol–water partition coefficient (Wildman–Crippen LogP) is 3.50. The molecule has 2 atom stereocenters. The van der Waals surface area contributed by atoms with Crippen LogP contribution in [0.3, 0.4) is 0 Å². The van der Waals surface area contributed by atoms with Crippen LogP contribution in [0, 0.1) is 5.41 Å². The van der Waals surface area contributed by atoms with E-state index >= 15 is 0 Å². The first-order valence-electron chi connectivity index (χ1n) is 6.05. The molecular formula is C12H19ClO. The fraction of sp³-hybridized carbons (Fsp3) is 1.00. The van der Waals surface area contributed by atoms with Crippen molar-refractivity contribution < 1.29 is 4.74 Å². The SMILES string of the molecule is ClC1CCOC2(CCC23CCCC3)C1. The van der Waals surface area contributed by atoms with Crippen molar-refractivity contribution in [3.63, 3.8) is 0 Å². The predicted molar refractivity (Wildman–Crippen MR) is 57.7 cm³/mol. The van der Waals surface area contributed by atoms with E-state index < -0.39 is 0 Å². The van der Waals surface area contributed by atoms with Gasteiger partial charge in [-0.15, -0.1) is 11.6 Å². The molecule has 1 aliphatic heterocycles. The lowest BCUT2D eigenvalue weighted by atomic mass is 9.53. The topological polar surface area (TPSA) is 9.23 Å². The first-order chi connectivity index (χ1) is 6.77. The molecule has 0 aromatic heterocycles. The number of fused-ring (bicyclic) bond motifs is 1. The van der Waals surface area contributed by atoms with Crippen LogP contribution in [0.15, 0.2) is 0 Å². The van der Waals surface area contributed by atoms with E-state index in [1.165, 1.54) is 38.5 Å². The molecule has 2 saturated carbocycles. The minimum absolute atomic E-state index is 0.216. The first kappa shape index (κ1) is 9.47. The maximum Gasteiger partial charge on any atom is 0.0752 e. The second kappa shape index (κ2) is 3.12. The molecule has 1 heterocycles. The molecular weight excluding hydrogens is 196 g/mol. The van der Waals surface area contributed by atoms with Crippen LogP contribution in [0.1, 0.15) is 51.4 Å². The summed E-state index contributed by atoms with van der Waals surface area (Å²) in [6.07, 6.45) is 10.5. The maximum atomic E-state index is 6.30. The average Bonchev–Trinajstić information content (AvgIpc) is 2.67. The molecule has 2 unspecified atom stereocenters. The van der Waals surface area contributed by atoms with E-state index in [4.69, 9.17) is 16.3 Å². The van der Waals surface area contributed by atoms with Crippen molar-refractivity contribution in [3.05, 3.63) is 0 Å². The van der Waals surface area contributed by atoms with Gasteiger partial charge in [0.25, 0.3) is 0 Å². The molecule has 0 N–H and O–H groups in total. The molecule has 3 rings (SSSR count). The van der Waals surface area contributed by atoms with Gasteiger partial charge in [-0.1, -0.05) is 12.8 Å².